The molecule has 0 aliphatic rings. The number of rotatable bonds is 10. The van der Waals surface area contributed by atoms with Crippen LogP contribution in [-0.4, -0.2) is 55.2 Å². The molecule has 0 unspecified atom stereocenters. The lowest BCUT2D eigenvalue weighted by atomic mass is 10.1. The molecule has 0 saturated carbocycles. The molecule has 7 nitrogen and oxygen atoms in total. The topological polar surface area (TPSA) is 82.6 Å². The van der Waals surface area contributed by atoms with E-state index in [1.807, 2.05) is 12.1 Å². The summed E-state index contributed by atoms with van der Waals surface area (Å²) in [7, 11) is -2.36. The summed E-state index contributed by atoms with van der Waals surface area (Å²) in [5.41, 5.74) is 2.19. The Hall–Kier alpha value is -2.29. The van der Waals surface area contributed by atoms with Crippen molar-refractivity contribution in [3.63, 3.8) is 0 Å². The van der Waals surface area contributed by atoms with Crippen LogP contribution in [0.5, 0.6) is 0 Å². The molecule has 1 heterocycles. The number of amides is 1. The van der Waals surface area contributed by atoms with Crippen molar-refractivity contribution >= 4 is 15.9 Å². The average Bonchev–Trinajstić information content (AvgIpc) is 2.72. The summed E-state index contributed by atoms with van der Waals surface area (Å²) in [6.45, 7) is 7.28. The van der Waals surface area contributed by atoms with Crippen LogP contribution in [0.1, 0.15) is 25.0 Å². The van der Waals surface area contributed by atoms with Crippen LogP contribution in [0, 0.1) is 0 Å². The SMILES string of the molecule is CCN(CC)Cc1ccc(CNC(=O)CN(C)S(=O)(=O)c2cccnc2)cc1. The van der Waals surface area contributed by atoms with E-state index in [0.717, 1.165) is 29.5 Å². The van der Waals surface area contributed by atoms with Gasteiger partial charge in [0.15, 0.2) is 0 Å². The fourth-order valence-corrected chi connectivity index (χ4v) is 3.78. The minimum atomic E-state index is -3.73. The van der Waals surface area contributed by atoms with Crippen molar-refractivity contribution in [3.8, 4) is 0 Å². The molecular weight excluding hydrogens is 376 g/mol. The second-order valence-electron chi connectivity index (χ2n) is 6.50. The molecule has 0 atom stereocenters. The predicted octanol–water partition coefficient (Wildman–Crippen LogP) is 1.86. The van der Waals surface area contributed by atoms with Gasteiger partial charge in [0, 0.05) is 32.5 Å². The van der Waals surface area contributed by atoms with Crippen molar-refractivity contribution in [2.75, 3.05) is 26.7 Å². The largest absolute Gasteiger partial charge is 0.351 e. The zero-order valence-corrected chi connectivity index (χ0v) is 17.4. The van der Waals surface area contributed by atoms with E-state index < -0.39 is 10.0 Å². The Bertz CT molecular complexity index is 851. The quantitative estimate of drug-likeness (QED) is 0.654. The van der Waals surface area contributed by atoms with Gasteiger partial charge < -0.3 is 5.32 Å². The van der Waals surface area contributed by atoms with Crippen LogP contribution in [0.15, 0.2) is 53.7 Å². The molecule has 1 amide bonds. The Labute approximate surface area is 167 Å². The summed E-state index contributed by atoms with van der Waals surface area (Å²) in [4.78, 5) is 18.4. The molecule has 0 aliphatic heterocycles. The van der Waals surface area contributed by atoms with Gasteiger partial charge in [-0.25, -0.2) is 8.42 Å². The van der Waals surface area contributed by atoms with Crippen LogP contribution in [0.2, 0.25) is 0 Å². The van der Waals surface area contributed by atoms with E-state index in [2.05, 4.69) is 41.2 Å². The second kappa shape index (κ2) is 10.3. The van der Waals surface area contributed by atoms with E-state index in [4.69, 9.17) is 0 Å². The number of hydrogen-bond donors (Lipinski definition) is 1. The van der Waals surface area contributed by atoms with Gasteiger partial charge in [0.25, 0.3) is 0 Å². The lowest BCUT2D eigenvalue weighted by molar-refractivity contribution is -0.121. The minimum Gasteiger partial charge on any atom is -0.351 e. The van der Waals surface area contributed by atoms with Gasteiger partial charge in [-0.05, 0) is 36.3 Å². The third kappa shape index (κ3) is 6.12. The van der Waals surface area contributed by atoms with Crippen molar-refractivity contribution in [1.82, 2.24) is 19.5 Å². The Morgan fingerprint density at radius 2 is 1.71 bits per heavy atom. The summed E-state index contributed by atoms with van der Waals surface area (Å²) in [6.07, 6.45) is 2.77. The van der Waals surface area contributed by atoms with Gasteiger partial charge in [-0.3, -0.25) is 14.7 Å². The van der Waals surface area contributed by atoms with E-state index in [-0.39, 0.29) is 17.3 Å². The Morgan fingerprint density at radius 1 is 1.07 bits per heavy atom. The molecule has 0 radical (unpaired) electrons. The van der Waals surface area contributed by atoms with Crippen molar-refractivity contribution in [2.45, 2.75) is 31.8 Å². The number of aromatic nitrogens is 1. The highest BCUT2D eigenvalue weighted by Crippen LogP contribution is 2.12. The Kier molecular flexibility index (Phi) is 8.10. The molecule has 0 spiro atoms. The first-order valence-corrected chi connectivity index (χ1v) is 10.7. The monoisotopic (exact) mass is 404 g/mol. The van der Waals surface area contributed by atoms with Crippen LogP contribution in [-0.2, 0) is 27.9 Å². The summed E-state index contributed by atoms with van der Waals surface area (Å²) in [5, 5.41) is 2.76. The van der Waals surface area contributed by atoms with Gasteiger partial charge in [-0.15, -0.1) is 0 Å². The van der Waals surface area contributed by atoms with Crippen LogP contribution in [0.4, 0.5) is 0 Å². The smallest absolute Gasteiger partial charge is 0.244 e. The maximum absolute atomic E-state index is 12.4. The fourth-order valence-electron chi connectivity index (χ4n) is 2.69. The first kappa shape index (κ1) is 22.0. The summed E-state index contributed by atoms with van der Waals surface area (Å²) < 4.78 is 25.9. The first-order chi connectivity index (χ1) is 13.4. The predicted molar refractivity (Wildman–Crippen MR) is 109 cm³/mol. The zero-order chi connectivity index (χ0) is 20.6. The lowest BCUT2D eigenvalue weighted by Gasteiger charge is -2.18. The van der Waals surface area contributed by atoms with Crippen molar-refractivity contribution < 1.29 is 13.2 Å². The maximum Gasteiger partial charge on any atom is 0.244 e. The van der Waals surface area contributed by atoms with Crippen molar-refractivity contribution in [2.24, 2.45) is 0 Å². The number of carbonyl (C=O) groups is 1. The van der Waals surface area contributed by atoms with Crippen molar-refractivity contribution in [3.05, 3.63) is 59.9 Å². The van der Waals surface area contributed by atoms with Crippen LogP contribution in [0.25, 0.3) is 0 Å². The normalized spacial score (nSPS) is 11.8. The molecular formula is C20H28N4O3S. The van der Waals surface area contributed by atoms with Gasteiger partial charge in [-0.2, -0.15) is 4.31 Å². The number of hydrogen-bond acceptors (Lipinski definition) is 5. The molecule has 0 saturated heterocycles. The van der Waals surface area contributed by atoms with Gasteiger partial charge in [0.05, 0.1) is 6.54 Å². The molecule has 1 N–H and O–H groups in total. The van der Waals surface area contributed by atoms with Gasteiger partial charge in [0.2, 0.25) is 15.9 Å². The molecule has 8 heteroatoms. The standard InChI is InChI=1S/C20H28N4O3S/c1-4-24(5-2)15-18-10-8-17(9-11-18)13-22-20(25)16-23(3)28(26,27)19-7-6-12-21-14-19/h6-12,14H,4-5,13,15-16H2,1-3H3,(H,22,25). The third-order valence-electron chi connectivity index (χ3n) is 4.52. The number of nitrogens with zero attached hydrogens (tertiary/aromatic N) is 3. The molecule has 0 aliphatic carbocycles. The number of likely N-dealkylation sites (N-methyl/N-ethyl adjacent to an activating group) is 1. The number of nitrogens with one attached hydrogen (secondary N) is 1. The minimum absolute atomic E-state index is 0.0640. The molecule has 2 rings (SSSR count). The number of pyridine rings is 1. The molecule has 1 aromatic carbocycles. The summed E-state index contributed by atoms with van der Waals surface area (Å²) in [6, 6.07) is 11.1. The summed E-state index contributed by atoms with van der Waals surface area (Å²) in [5.74, 6) is -0.359. The van der Waals surface area contributed by atoms with Crippen LogP contribution >= 0.6 is 0 Å². The first-order valence-electron chi connectivity index (χ1n) is 9.30. The van der Waals surface area contributed by atoms with E-state index in [1.54, 1.807) is 6.07 Å². The summed E-state index contributed by atoms with van der Waals surface area (Å²) >= 11 is 0. The van der Waals surface area contributed by atoms with E-state index in [1.165, 1.54) is 31.1 Å². The maximum atomic E-state index is 12.4. The fraction of sp³-hybridized carbons (Fsp3) is 0.400. The molecule has 2 aromatic rings. The molecule has 152 valence electrons. The number of benzene rings is 1. The number of sulfonamides is 1. The zero-order valence-electron chi connectivity index (χ0n) is 16.6. The van der Waals surface area contributed by atoms with Crippen molar-refractivity contribution in [1.29, 1.82) is 0 Å². The highest BCUT2D eigenvalue weighted by atomic mass is 32.2. The highest BCUT2D eigenvalue weighted by Gasteiger charge is 2.22. The second-order valence-corrected chi connectivity index (χ2v) is 8.55. The molecule has 1 aromatic heterocycles. The third-order valence-corrected chi connectivity index (χ3v) is 6.31. The van der Waals surface area contributed by atoms with E-state index in [0.29, 0.717) is 6.54 Å². The molecule has 0 fully saturated rings. The molecule has 0 bridgehead atoms. The van der Waals surface area contributed by atoms with Crippen LogP contribution < -0.4 is 5.32 Å². The highest BCUT2D eigenvalue weighted by molar-refractivity contribution is 7.89. The van der Waals surface area contributed by atoms with Crippen LogP contribution in [0.3, 0.4) is 0 Å². The Balaban J connectivity index is 1.87. The number of carbonyl (C=O) groups excluding carboxylic acids is 1. The van der Waals surface area contributed by atoms with Gasteiger partial charge >= 0.3 is 0 Å². The van der Waals surface area contributed by atoms with Gasteiger partial charge in [-0.1, -0.05) is 38.1 Å². The molecule has 28 heavy (non-hydrogen) atoms. The average molecular weight is 405 g/mol. The Morgan fingerprint density at radius 3 is 2.29 bits per heavy atom. The van der Waals surface area contributed by atoms with Gasteiger partial charge in [0.1, 0.15) is 4.90 Å². The van der Waals surface area contributed by atoms with E-state index >= 15 is 0 Å². The lowest BCUT2D eigenvalue weighted by Crippen LogP contribution is -2.38. The van der Waals surface area contributed by atoms with E-state index in [9.17, 15) is 13.2 Å².